The van der Waals surface area contributed by atoms with Crippen molar-refractivity contribution in [3.05, 3.63) is 101 Å². The fourth-order valence-corrected chi connectivity index (χ4v) is 3.68. The number of hydrogen-bond acceptors (Lipinski definition) is 0. The summed E-state index contributed by atoms with van der Waals surface area (Å²) in [5, 5.41) is 5.07. The van der Waals surface area contributed by atoms with Gasteiger partial charge < -0.3 is 0 Å². The van der Waals surface area contributed by atoms with Crippen LogP contribution in [0, 0.1) is 0 Å². The summed E-state index contributed by atoms with van der Waals surface area (Å²) >= 11 is 3.60. The van der Waals surface area contributed by atoms with Gasteiger partial charge in [0.05, 0.1) is 0 Å². The Morgan fingerprint density at radius 3 is 1.46 bits per heavy atom. The second-order valence-corrected chi connectivity index (χ2v) is 6.03. The summed E-state index contributed by atoms with van der Waals surface area (Å²) < 4.78 is 0. The van der Waals surface area contributed by atoms with Crippen LogP contribution in [0.5, 0.6) is 0 Å². The maximum atomic E-state index is 3.60. The summed E-state index contributed by atoms with van der Waals surface area (Å²) in [4.78, 5) is 2.04. The van der Waals surface area contributed by atoms with Gasteiger partial charge in [-0.05, 0) is 54.2 Å². The van der Waals surface area contributed by atoms with E-state index in [4.69, 9.17) is 0 Å². The second-order valence-electron chi connectivity index (χ2n) is 5.58. The second kappa shape index (κ2) is 7.16. The molecule has 24 heavy (non-hydrogen) atoms. The first-order valence-corrected chi connectivity index (χ1v) is 8.57. The lowest BCUT2D eigenvalue weighted by Gasteiger charge is -2.13. The van der Waals surface area contributed by atoms with Gasteiger partial charge in [-0.2, -0.15) is 0 Å². The first kappa shape index (κ1) is 16.7. The minimum atomic E-state index is 0. The Kier molecular flexibility index (Phi) is 4.98. The number of fused-ring (bicyclic) bond motifs is 2. The van der Waals surface area contributed by atoms with Gasteiger partial charge >= 0.3 is 0 Å². The molecule has 0 saturated carbocycles. The first-order chi connectivity index (χ1) is 11.4. The lowest BCUT2D eigenvalue weighted by molar-refractivity contribution is 1.62. The molecule has 4 aromatic rings. The summed E-state index contributed by atoms with van der Waals surface area (Å²) in [6.07, 6.45) is 0. The molecule has 0 nitrogen and oxygen atoms in total. The van der Waals surface area contributed by atoms with E-state index >= 15 is 0 Å². The van der Waals surface area contributed by atoms with Crippen LogP contribution in [0.1, 0.15) is 11.1 Å². The lowest BCUT2D eigenvalue weighted by atomic mass is 9.91. The van der Waals surface area contributed by atoms with Crippen molar-refractivity contribution in [2.45, 2.75) is 0 Å². The highest BCUT2D eigenvalue weighted by atomic mass is 79.9. The molecule has 4 rings (SSSR count). The van der Waals surface area contributed by atoms with E-state index in [0.717, 1.165) is 0 Å². The van der Waals surface area contributed by atoms with Gasteiger partial charge in [-0.25, -0.2) is 0 Å². The largest absolute Gasteiger partial charge is 0.0616 e. The molecule has 0 amide bonds. The van der Waals surface area contributed by atoms with Gasteiger partial charge in [-0.15, -0.1) is 0 Å². The minimum absolute atomic E-state index is 0. The van der Waals surface area contributed by atoms with Gasteiger partial charge in [0.2, 0.25) is 0 Å². The molecule has 0 fully saturated rings. The SMILES string of the molecule is BrC=C(c1cccc2ccccc12)c1cccc2ccccc12.[SiH4]. The molecule has 0 radical (unpaired) electrons. The summed E-state index contributed by atoms with van der Waals surface area (Å²) in [6.45, 7) is 0. The quantitative estimate of drug-likeness (QED) is 0.406. The zero-order valence-electron chi connectivity index (χ0n) is 12.5. The molecule has 118 valence electrons. The zero-order chi connectivity index (χ0) is 15.6. The van der Waals surface area contributed by atoms with E-state index in [1.165, 1.54) is 38.2 Å². The predicted molar refractivity (Wildman–Crippen MR) is 115 cm³/mol. The Morgan fingerprint density at radius 1 is 0.583 bits per heavy atom. The van der Waals surface area contributed by atoms with Gasteiger partial charge in [-0.3, -0.25) is 0 Å². The van der Waals surface area contributed by atoms with E-state index < -0.39 is 0 Å². The molecule has 0 saturated heterocycles. The fourth-order valence-electron chi connectivity index (χ4n) is 3.18. The summed E-state index contributed by atoms with van der Waals surface area (Å²) in [7, 11) is 0. The van der Waals surface area contributed by atoms with E-state index in [-0.39, 0.29) is 11.0 Å². The van der Waals surface area contributed by atoms with Crippen LogP contribution < -0.4 is 0 Å². The van der Waals surface area contributed by atoms with Crippen LogP contribution in [0.25, 0.3) is 27.1 Å². The summed E-state index contributed by atoms with van der Waals surface area (Å²) in [6, 6.07) is 30.0. The maximum absolute atomic E-state index is 3.60. The molecular weight excluding hydrogens is 372 g/mol. The molecule has 0 bridgehead atoms. The summed E-state index contributed by atoms with van der Waals surface area (Å²) in [5.74, 6) is 0. The topological polar surface area (TPSA) is 0 Å². The Balaban J connectivity index is 0.00000169. The molecule has 0 heterocycles. The monoisotopic (exact) mass is 390 g/mol. The van der Waals surface area contributed by atoms with Crippen LogP contribution in [0.4, 0.5) is 0 Å². The van der Waals surface area contributed by atoms with Crippen LogP contribution in [0.3, 0.4) is 0 Å². The minimum Gasteiger partial charge on any atom is -0.0616 e. The van der Waals surface area contributed by atoms with Gasteiger partial charge in [0.1, 0.15) is 0 Å². The first-order valence-electron chi connectivity index (χ1n) is 7.65. The predicted octanol–water partition coefficient (Wildman–Crippen LogP) is 5.33. The molecule has 0 spiro atoms. The average Bonchev–Trinajstić information content (AvgIpc) is 2.63. The van der Waals surface area contributed by atoms with Crippen LogP contribution in [0.2, 0.25) is 0 Å². The highest BCUT2D eigenvalue weighted by Crippen LogP contribution is 2.34. The standard InChI is InChI=1S/C22H15Br.H4Si/c23-15-22(20-13-5-9-16-7-1-3-11-18(16)20)21-14-6-10-17-8-2-4-12-19(17)21;/h1-15H;1H4. The molecule has 0 aromatic heterocycles. The van der Waals surface area contributed by atoms with E-state index in [1.807, 2.05) is 4.99 Å². The Bertz CT molecular complexity index is 942. The highest BCUT2D eigenvalue weighted by Gasteiger charge is 2.11. The van der Waals surface area contributed by atoms with Gasteiger partial charge in [-0.1, -0.05) is 101 Å². The molecule has 0 N–H and O–H groups in total. The molecule has 4 aromatic carbocycles. The van der Waals surface area contributed by atoms with Crippen LogP contribution in [-0.4, -0.2) is 11.0 Å². The highest BCUT2D eigenvalue weighted by molar-refractivity contribution is 9.11. The van der Waals surface area contributed by atoms with Gasteiger partial charge in [0, 0.05) is 0 Å². The number of hydrogen-bond donors (Lipinski definition) is 0. The van der Waals surface area contributed by atoms with Crippen molar-refractivity contribution < 1.29 is 0 Å². The molecule has 0 atom stereocenters. The summed E-state index contributed by atoms with van der Waals surface area (Å²) in [5.41, 5.74) is 3.70. The average molecular weight is 391 g/mol. The zero-order valence-corrected chi connectivity index (χ0v) is 14.1. The molecule has 0 unspecified atom stereocenters. The normalized spacial score (nSPS) is 10.4. The molecule has 2 heteroatoms. The van der Waals surface area contributed by atoms with Crippen molar-refractivity contribution in [2.24, 2.45) is 0 Å². The molecular formula is C22H19BrSi. The van der Waals surface area contributed by atoms with E-state index in [9.17, 15) is 0 Å². The number of rotatable bonds is 2. The molecule has 0 aliphatic carbocycles. The lowest BCUT2D eigenvalue weighted by Crippen LogP contribution is -1.91. The third kappa shape index (κ3) is 2.83. The van der Waals surface area contributed by atoms with Crippen molar-refractivity contribution in [1.82, 2.24) is 0 Å². The van der Waals surface area contributed by atoms with Crippen molar-refractivity contribution in [3.63, 3.8) is 0 Å². The van der Waals surface area contributed by atoms with Gasteiger partial charge in [0.25, 0.3) is 0 Å². The van der Waals surface area contributed by atoms with Crippen molar-refractivity contribution >= 4 is 54.0 Å². The van der Waals surface area contributed by atoms with Crippen molar-refractivity contribution in [3.8, 4) is 0 Å². The Morgan fingerprint density at radius 2 is 1.00 bits per heavy atom. The number of benzene rings is 4. The smallest absolute Gasteiger partial charge is 0.00297 e. The molecule has 0 aliphatic rings. The van der Waals surface area contributed by atoms with Crippen LogP contribution in [0.15, 0.2) is 89.9 Å². The number of halogens is 1. The maximum Gasteiger partial charge on any atom is -0.00297 e. The molecule has 0 aliphatic heterocycles. The Hall–Kier alpha value is -2.16. The van der Waals surface area contributed by atoms with Gasteiger partial charge in [0.15, 0.2) is 0 Å². The van der Waals surface area contributed by atoms with Crippen molar-refractivity contribution in [2.75, 3.05) is 0 Å². The van der Waals surface area contributed by atoms with E-state index in [2.05, 4.69) is 101 Å². The Labute approximate surface area is 155 Å². The third-order valence-corrected chi connectivity index (χ3v) is 4.73. The van der Waals surface area contributed by atoms with Crippen molar-refractivity contribution in [1.29, 1.82) is 0 Å². The van der Waals surface area contributed by atoms with E-state index in [0.29, 0.717) is 0 Å². The fraction of sp³-hybridized carbons (Fsp3) is 0. The third-order valence-electron chi connectivity index (χ3n) is 4.27. The van der Waals surface area contributed by atoms with Crippen LogP contribution >= 0.6 is 15.9 Å². The van der Waals surface area contributed by atoms with E-state index in [1.54, 1.807) is 0 Å². The van der Waals surface area contributed by atoms with Crippen LogP contribution in [-0.2, 0) is 0 Å².